The lowest BCUT2D eigenvalue weighted by Crippen LogP contribution is -2.00. The minimum absolute atomic E-state index is 0.217. The largest absolute Gasteiger partial charge is 0.496 e. The second-order valence-corrected chi connectivity index (χ2v) is 3.85. The first kappa shape index (κ1) is 12.7. The molecule has 1 heterocycles. The number of carbonyl (C=O) groups excluding carboxylic acids is 1. The van der Waals surface area contributed by atoms with Crippen LogP contribution in [-0.4, -0.2) is 27.9 Å². The summed E-state index contributed by atoms with van der Waals surface area (Å²) in [6.45, 7) is 0.339. The van der Waals surface area contributed by atoms with Gasteiger partial charge in [-0.1, -0.05) is 0 Å². The number of hydrogen-bond acceptors (Lipinski definition) is 5. The van der Waals surface area contributed by atoms with Crippen molar-refractivity contribution in [3.8, 4) is 5.75 Å². The highest BCUT2D eigenvalue weighted by molar-refractivity contribution is 5.75. The molecule has 0 radical (unpaired) electrons. The van der Waals surface area contributed by atoms with Crippen LogP contribution in [0.25, 0.3) is 0 Å². The van der Waals surface area contributed by atoms with Crippen molar-refractivity contribution < 1.29 is 14.5 Å². The Kier molecular flexibility index (Phi) is 3.56. The average Bonchev–Trinajstić information content (AvgIpc) is 2.87. The SMILES string of the molecule is COc1ccc(C=O)cc1Cn1cnc([N+](=O)[O-])c1. The van der Waals surface area contributed by atoms with E-state index < -0.39 is 4.92 Å². The normalized spacial score (nSPS) is 10.2. The number of rotatable bonds is 5. The maximum atomic E-state index is 10.8. The Labute approximate surface area is 108 Å². The topological polar surface area (TPSA) is 87.3 Å². The molecule has 0 atom stereocenters. The van der Waals surface area contributed by atoms with Crippen molar-refractivity contribution in [1.82, 2.24) is 9.55 Å². The van der Waals surface area contributed by atoms with Gasteiger partial charge in [0.1, 0.15) is 18.2 Å². The lowest BCUT2D eigenvalue weighted by atomic mass is 10.1. The van der Waals surface area contributed by atoms with Gasteiger partial charge in [-0.3, -0.25) is 4.79 Å². The fraction of sp³-hybridized carbons (Fsp3) is 0.167. The van der Waals surface area contributed by atoms with Gasteiger partial charge in [-0.15, -0.1) is 0 Å². The molecule has 0 bridgehead atoms. The molecule has 0 N–H and O–H groups in total. The van der Waals surface area contributed by atoms with Crippen molar-refractivity contribution in [2.24, 2.45) is 0 Å². The van der Waals surface area contributed by atoms with E-state index in [1.807, 2.05) is 0 Å². The number of aldehydes is 1. The highest BCUT2D eigenvalue weighted by Crippen LogP contribution is 2.21. The lowest BCUT2D eigenvalue weighted by Gasteiger charge is -2.08. The zero-order valence-corrected chi connectivity index (χ0v) is 10.1. The third-order valence-corrected chi connectivity index (χ3v) is 2.60. The van der Waals surface area contributed by atoms with Gasteiger partial charge < -0.3 is 19.4 Å². The van der Waals surface area contributed by atoms with Crippen molar-refractivity contribution in [3.05, 3.63) is 52.0 Å². The van der Waals surface area contributed by atoms with Crippen molar-refractivity contribution in [1.29, 1.82) is 0 Å². The third kappa shape index (κ3) is 2.76. The highest BCUT2D eigenvalue weighted by atomic mass is 16.6. The Bertz CT molecular complexity index is 621. The van der Waals surface area contributed by atoms with Crippen LogP contribution < -0.4 is 4.74 Å². The summed E-state index contributed by atoms with van der Waals surface area (Å²) in [6.07, 6.45) is 3.43. The molecule has 1 aromatic carbocycles. The van der Waals surface area contributed by atoms with Gasteiger partial charge in [-0.2, -0.15) is 0 Å². The van der Waals surface area contributed by atoms with Crippen LogP contribution in [0.15, 0.2) is 30.7 Å². The predicted molar refractivity (Wildman–Crippen MR) is 66.4 cm³/mol. The molecular formula is C12H11N3O4. The number of imidazole rings is 1. The molecule has 0 amide bonds. The van der Waals surface area contributed by atoms with Gasteiger partial charge in [0.15, 0.2) is 0 Å². The first-order chi connectivity index (χ1) is 9.13. The number of benzene rings is 1. The fourth-order valence-electron chi connectivity index (χ4n) is 1.72. The Hall–Kier alpha value is -2.70. The van der Waals surface area contributed by atoms with Crippen molar-refractivity contribution in [3.63, 3.8) is 0 Å². The molecule has 0 saturated heterocycles. The summed E-state index contributed by atoms with van der Waals surface area (Å²) in [5.41, 5.74) is 1.27. The Morgan fingerprint density at radius 3 is 2.89 bits per heavy atom. The lowest BCUT2D eigenvalue weighted by molar-refractivity contribution is -0.389. The van der Waals surface area contributed by atoms with Crippen molar-refractivity contribution in [2.75, 3.05) is 7.11 Å². The van der Waals surface area contributed by atoms with Gasteiger partial charge in [-0.05, 0) is 28.1 Å². The summed E-state index contributed by atoms with van der Waals surface area (Å²) >= 11 is 0. The molecule has 1 aromatic heterocycles. The fourth-order valence-corrected chi connectivity index (χ4v) is 1.72. The molecule has 0 fully saturated rings. The molecule has 2 aromatic rings. The van der Waals surface area contributed by atoms with E-state index in [9.17, 15) is 14.9 Å². The monoisotopic (exact) mass is 261 g/mol. The quantitative estimate of drug-likeness (QED) is 0.464. The summed E-state index contributed by atoms with van der Waals surface area (Å²) in [7, 11) is 1.52. The van der Waals surface area contributed by atoms with Crippen LogP contribution in [0.1, 0.15) is 15.9 Å². The molecule has 7 heteroatoms. The summed E-state index contributed by atoms with van der Waals surface area (Å²) < 4.78 is 6.75. The summed E-state index contributed by atoms with van der Waals surface area (Å²) in [4.78, 5) is 24.4. The minimum atomic E-state index is -0.560. The number of nitrogens with zero attached hydrogens (tertiary/aromatic N) is 3. The second kappa shape index (κ2) is 5.30. The Morgan fingerprint density at radius 1 is 1.53 bits per heavy atom. The van der Waals surface area contributed by atoms with Gasteiger partial charge >= 0.3 is 5.82 Å². The number of methoxy groups -OCH3 is 1. The molecule has 0 aliphatic carbocycles. The molecule has 0 aliphatic heterocycles. The van der Waals surface area contributed by atoms with Crippen LogP contribution in [-0.2, 0) is 6.54 Å². The van der Waals surface area contributed by atoms with Crippen molar-refractivity contribution in [2.45, 2.75) is 6.54 Å². The minimum Gasteiger partial charge on any atom is -0.496 e. The first-order valence-electron chi connectivity index (χ1n) is 5.42. The van der Waals surface area contributed by atoms with E-state index in [1.54, 1.807) is 22.8 Å². The number of nitro groups is 1. The molecule has 0 spiro atoms. The van der Waals surface area contributed by atoms with Gasteiger partial charge in [-0.25, -0.2) is 0 Å². The van der Waals surface area contributed by atoms with Gasteiger partial charge in [0.25, 0.3) is 0 Å². The molecule has 98 valence electrons. The number of aromatic nitrogens is 2. The molecule has 19 heavy (non-hydrogen) atoms. The summed E-state index contributed by atoms with van der Waals surface area (Å²) in [5.74, 6) is 0.396. The van der Waals surface area contributed by atoms with E-state index in [0.717, 1.165) is 11.8 Å². The van der Waals surface area contributed by atoms with E-state index in [-0.39, 0.29) is 5.82 Å². The Morgan fingerprint density at radius 2 is 2.32 bits per heavy atom. The number of ether oxygens (including phenoxy) is 1. The highest BCUT2D eigenvalue weighted by Gasteiger charge is 2.12. The molecule has 0 unspecified atom stereocenters. The van der Waals surface area contributed by atoms with Crippen LogP contribution in [0.2, 0.25) is 0 Å². The third-order valence-electron chi connectivity index (χ3n) is 2.60. The maximum absolute atomic E-state index is 10.8. The zero-order chi connectivity index (χ0) is 13.8. The second-order valence-electron chi connectivity index (χ2n) is 3.85. The molecule has 7 nitrogen and oxygen atoms in total. The van der Waals surface area contributed by atoms with Crippen molar-refractivity contribution >= 4 is 12.1 Å². The first-order valence-corrected chi connectivity index (χ1v) is 5.42. The van der Waals surface area contributed by atoms with E-state index in [1.165, 1.54) is 19.6 Å². The molecule has 0 saturated carbocycles. The summed E-state index contributed by atoms with van der Waals surface area (Å²) in [5, 5.41) is 10.5. The average molecular weight is 261 g/mol. The molecule has 2 rings (SSSR count). The van der Waals surface area contributed by atoms with E-state index in [4.69, 9.17) is 4.74 Å². The van der Waals surface area contributed by atoms with Crippen LogP contribution in [0.3, 0.4) is 0 Å². The number of hydrogen-bond donors (Lipinski definition) is 0. The van der Waals surface area contributed by atoms with E-state index in [0.29, 0.717) is 17.9 Å². The maximum Gasteiger partial charge on any atom is 0.381 e. The van der Waals surface area contributed by atoms with Gasteiger partial charge in [0.2, 0.25) is 6.33 Å². The Balaban J connectivity index is 2.30. The van der Waals surface area contributed by atoms with Crippen LogP contribution in [0, 0.1) is 10.1 Å². The zero-order valence-electron chi connectivity index (χ0n) is 10.1. The number of carbonyl (C=O) groups is 1. The van der Waals surface area contributed by atoms with Crippen LogP contribution in [0.5, 0.6) is 5.75 Å². The predicted octanol–water partition coefficient (Wildman–Crippen LogP) is 1.66. The smallest absolute Gasteiger partial charge is 0.381 e. The van der Waals surface area contributed by atoms with E-state index >= 15 is 0 Å². The summed E-state index contributed by atoms with van der Waals surface area (Å²) in [6, 6.07) is 5.01. The van der Waals surface area contributed by atoms with Gasteiger partial charge in [0.05, 0.1) is 13.7 Å². The van der Waals surface area contributed by atoms with Gasteiger partial charge in [0, 0.05) is 11.1 Å². The molecule has 0 aliphatic rings. The van der Waals surface area contributed by atoms with E-state index in [2.05, 4.69) is 4.98 Å². The van der Waals surface area contributed by atoms with Crippen LogP contribution in [0.4, 0.5) is 5.82 Å². The van der Waals surface area contributed by atoms with Crippen LogP contribution >= 0.6 is 0 Å². The molecular weight excluding hydrogens is 250 g/mol. The standard InChI is InChI=1S/C12H11N3O4/c1-19-11-3-2-9(7-16)4-10(11)5-14-6-12(13-8-14)15(17)18/h2-4,6-8H,5H2,1H3.